The van der Waals surface area contributed by atoms with Crippen LogP contribution in [0, 0.1) is 0 Å². The maximum Gasteiger partial charge on any atom is 0.262 e. The number of fused-ring (bicyclic) bond motifs is 1. The van der Waals surface area contributed by atoms with Gasteiger partial charge < -0.3 is 10.1 Å². The van der Waals surface area contributed by atoms with Gasteiger partial charge in [0.2, 0.25) is 5.91 Å². The summed E-state index contributed by atoms with van der Waals surface area (Å²) in [6.07, 6.45) is -0.138. The quantitative estimate of drug-likeness (QED) is 0.738. The summed E-state index contributed by atoms with van der Waals surface area (Å²) in [5.41, 5.74) is 1.92. The monoisotopic (exact) mass is 407 g/mol. The normalized spacial score (nSPS) is 20.2. The van der Waals surface area contributed by atoms with Crippen LogP contribution >= 0.6 is 0 Å². The zero-order chi connectivity index (χ0) is 21.1. The lowest BCUT2D eigenvalue weighted by Gasteiger charge is -2.33. The van der Waals surface area contributed by atoms with Crippen LogP contribution in [0.3, 0.4) is 0 Å². The molecule has 7 heteroatoms. The van der Waals surface area contributed by atoms with E-state index < -0.39 is 17.9 Å². The Hall–Kier alpha value is -3.03. The fraction of sp³-hybridized carbons (Fsp3) is 0.348. The van der Waals surface area contributed by atoms with Gasteiger partial charge in [-0.25, -0.2) is 0 Å². The SMILES string of the molecule is CC(C(=O)NCC1CN(Cc2ccccc2)CCO1)N1C(=O)c2ccccc2C1=O. The van der Waals surface area contributed by atoms with E-state index in [9.17, 15) is 14.4 Å². The summed E-state index contributed by atoms with van der Waals surface area (Å²) in [6.45, 7) is 4.88. The summed E-state index contributed by atoms with van der Waals surface area (Å²) in [4.78, 5) is 41.1. The lowest BCUT2D eigenvalue weighted by molar-refractivity contribution is -0.125. The Morgan fingerprint density at radius 3 is 2.37 bits per heavy atom. The molecule has 2 unspecified atom stereocenters. The van der Waals surface area contributed by atoms with Gasteiger partial charge in [0.1, 0.15) is 6.04 Å². The van der Waals surface area contributed by atoms with E-state index in [2.05, 4.69) is 22.3 Å². The Kier molecular flexibility index (Phi) is 5.92. The molecule has 2 atom stereocenters. The molecular weight excluding hydrogens is 382 g/mol. The lowest BCUT2D eigenvalue weighted by Crippen LogP contribution is -2.52. The number of carbonyl (C=O) groups is 3. The number of amides is 3. The van der Waals surface area contributed by atoms with Gasteiger partial charge in [0.15, 0.2) is 0 Å². The van der Waals surface area contributed by atoms with Crippen molar-refractivity contribution in [2.24, 2.45) is 0 Å². The number of benzene rings is 2. The van der Waals surface area contributed by atoms with E-state index in [1.807, 2.05) is 18.2 Å². The van der Waals surface area contributed by atoms with E-state index in [0.29, 0.717) is 30.8 Å². The van der Waals surface area contributed by atoms with Gasteiger partial charge in [-0.1, -0.05) is 42.5 Å². The first-order chi connectivity index (χ1) is 14.5. The van der Waals surface area contributed by atoms with Crippen LogP contribution in [0.4, 0.5) is 0 Å². The molecule has 0 saturated carbocycles. The zero-order valence-electron chi connectivity index (χ0n) is 16.9. The molecule has 2 aromatic carbocycles. The molecular formula is C23H25N3O4. The van der Waals surface area contributed by atoms with Crippen LogP contribution in [0.15, 0.2) is 54.6 Å². The molecule has 2 heterocycles. The summed E-state index contributed by atoms with van der Waals surface area (Å²) < 4.78 is 5.79. The third-order valence-corrected chi connectivity index (χ3v) is 5.57. The fourth-order valence-corrected chi connectivity index (χ4v) is 3.93. The van der Waals surface area contributed by atoms with Gasteiger partial charge in [0.25, 0.3) is 11.8 Å². The molecule has 0 spiro atoms. The molecule has 30 heavy (non-hydrogen) atoms. The van der Waals surface area contributed by atoms with Crippen molar-refractivity contribution in [3.05, 3.63) is 71.3 Å². The highest BCUT2D eigenvalue weighted by atomic mass is 16.5. The molecule has 2 aliphatic rings. The first kappa shape index (κ1) is 20.3. The first-order valence-electron chi connectivity index (χ1n) is 10.2. The molecule has 0 aromatic heterocycles. The second-order valence-electron chi connectivity index (χ2n) is 7.66. The predicted molar refractivity (Wildman–Crippen MR) is 111 cm³/mol. The second kappa shape index (κ2) is 8.77. The summed E-state index contributed by atoms with van der Waals surface area (Å²) in [5, 5.41) is 2.84. The Labute approximate surface area is 175 Å². The Balaban J connectivity index is 1.31. The van der Waals surface area contributed by atoms with Crippen LogP contribution < -0.4 is 5.32 Å². The number of imide groups is 1. The van der Waals surface area contributed by atoms with E-state index in [-0.39, 0.29) is 12.0 Å². The van der Waals surface area contributed by atoms with E-state index in [1.54, 1.807) is 31.2 Å². The number of hydrogen-bond acceptors (Lipinski definition) is 5. The van der Waals surface area contributed by atoms with Crippen LogP contribution in [0.2, 0.25) is 0 Å². The lowest BCUT2D eigenvalue weighted by atomic mass is 10.1. The van der Waals surface area contributed by atoms with E-state index in [1.165, 1.54) is 5.56 Å². The first-order valence-corrected chi connectivity index (χ1v) is 10.2. The van der Waals surface area contributed by atoms with Gasteiger partial charge in [-0.3, -0.25) is 24.2 Å². The number of carbonyl (C=O) groups excluding carboxylic acids is 3. The van der Waals surface area contributed by atoms with E-state index in [0.717, 1.165) is 18.0 Å². The molecule has 1 N–H and O–H groups in total. The number of nitrogens with zero attached hydrogens (tertiary/aromatic N) is 2. The maximum atomic E-state index is 12.7. The third-order valence-electron chi connectivity index (χ3n) is 5.57. The summed E-state index contributed by atoms with van der Waals surface area (Å²) in [7, 11) is 0. The smallest absolute Gasteiger partial charge is 0.262 e. The van der Waals surface area contributed by atoms with Crippen LogP contribution in [0.25, 0.3) is 0 Å². The molecule has 2 aromatic rings. The Bertz CT molecular complexity index is 911. The predicted octanol–water partition coefficient (Wildman–Crippen LogP) is 1.69. The minimum Gasteiger partial charge on any atom is -0.374 e. The van der Waals surface area contributed by atoms with Crippen LogP contribution in [-0.4, -0.2) is 65.9 Å². The van der Waals surface area contributed by atoms with Crippen LogP contribution in [0.5, 0.6) is 0 Å². The molecule has 2 aliphatic heterocycles. The van der Waals surface area contributed by atoms with Gasteiger partial charge in [0, 0.05) is 26.2 Å². The average molecular weight is 407 g/mol. The summed E-state index contributed by atoms with van der Waals surface area (Å²) >= 11 is 0. The number of rotatable bonds is 6. The summed E-state index contributed by atoms with van der Waals surface area (Å²) in [5.74, 6) is -1.23. The molecule has 3 amide bonds. The van der Waals surface area contributed by atoms with Crippen molar-refractivity contribution < 1.29 is 19.1 Å². The van der Waals surface area contributed by atoms with Gasteiger partial charge in [-0.15, -0.1) is 0 Å². The number of nitrogens with one attached hydrogen (secondary N) is 1. The van der Waals surface area contributed by atoms with Gasteiger partial charge in [-0.2, -0.15) is 0 Å². The standard InChI is InChI=1S/C23H25N3O4/c1-16(26-22(28)19-9-5-6-10-20(19)23(26)29)21(27)24-13-18-15-25(11-12-30-18)14-17-7-3-2-4-8-17/h2-10,16,18H,11-15H2,1H3,(H,24,27). The number of morpholine rings is 1. The third kappa shape index (κ3) is 4.13. The van der Waals surface area contributed by atoms with Crippen LogP contribution in [0.1, 0.15) is 33.2 Å². The molecule has 156 valence electrons. The average Bonchev–Trinajstić information content (AvgIpc) is 3.03. The summed E-state index contributed by atoms with van der Waals surface area (Å²) in [6, 6.07) is 16.0. The molecule has 0 radical (unpaired) electrons. The highest BCUT2D eigenvalue weighted by Crippen LogP contribution is 2.24. The minimum atomic E-state index is -0.888. The zero-order valence-corrected chi connectivity index (χ0v) is 16.9. The van der Waals surface area contributed by atoms with Gasteiger partial charge in [-0.05, 0) is 24.6 Å². The van der Waals surface area contributed by atoms with Crippen molar-refractivity contribution in [1.29, 1.82) is 0 Å². The topological polar surface area (TPSA) is 79.0 Å². The van der Waals surface area contributed by atoms with Crippen molar-refractivity contribution in [3.63, 3.8) is 0 Å². The fourth-order valence-electron chi connectivity index (χ4n) is 3.93. The van der Waals surface area contributed by atoms with Crippen LogP contribution in [-0.2, 0) is 16.1 Å². The molecule has 7 nitrogen and oxygen atoms in total. The maximum absolute atomic E-state index is 12.7. The highest BCUT2D eigenvalue weighted by Gasteiger charge is 2.40. The Morgan fingerprint density at radius 1 is 1.07 bits per heavy atom. The minimum absolute atomic E-state index is 0.138. The van der Waals surface area contributed by atoms with Gasteiger partial charge in [0.05, 0.1) is 23.8 Å². The molecule has 4 rings (SSSR count). The van der Waals surface area contributed by atoms with E-state index >= 15 is 0 Å². The molecule has 1 fully saturated rings. The second-order valence-corrected chi connectivity index (χ2v) is 7.66. The Morgan fingerprint density at radius 2 is 1.70 bits per heavy atom. The van der Waals surface area contributed by atoms with Crippen molar-refractivity contribution in [2.45, 2.75) is 25.6 Å². The van der Waals surface area contributed by atoms with Crippen molar-refractivity contribution in [3.8, 4) is 0 Å². The highest BCUT2D eigenvalue weighted by molar-refractivity contribution is 6.22. The number of ether oxygens (including phenoxy) is 1. The van der Waals surface area contributed by atoms with Crippen molar-refractivity contribution >= 4 is 17.7 Å². The van der Waals surface area contributed by atoms with Crippen molar-refractivity contribution in [2.75, 3.05) is 26.2 Å². The molecule has 0 bridgehead atoms. The number of hydrogen-bond donors (Lipinski definition) is 1. The van der Waals surface area contributed by atoms with E-state index in [4.69, 9.17) is 4.74 Å². The molecule has 0 aliphatic carbocycles. The van der Waals surface area contributed by atoms with Crippen molar-refractivity contribution in [1.82, 2.24) is 15.1 Å². The molecule has 1 saturated heterocycles. The largest absolute Gasteiger partial charge is 0.374 e. The van der Waals surface area contributed by atoms with Gasteiger partial charge >= 0.3 is 0 Å².